The van der Waals surface area contributed by atoms with E-state index in [-0.39, 0.29) is 22.4 Å². The number of carboxylic acids is 1. The van der Waals surface area contributed by atoms with Crippen LogP contribution in [-0.4, -0.2) is 29.8 Å². The van der Waals surface area contributed by atoms with Crippen LogP contribution in [0.2, 0.25) is 0 Å². The molecule has 0 bridgehead atoms. The molecule has 1 N–H and O–H groups in total. The highest BCUT2D eigenvalue weighted by Gasteiger charge is 2.33. The summed E-state index contributed by atoms with van der Waals surface area (Å²) >= 11 is 2.50. The molecule has 1 atom stereocenters. The fourth-order valence-corrected chi connectivity index (χ4v) is 6.53. The van der Waals surface area contributed by atoms with E-state index >= 15 is 0 Å². The van der Waals surface area contributed by atoms with Crippen molar-refractivity contribution in [2.75, 3.05) is 0 Å². The molecule has 0 amide bonds. The summed E-state index contributed by atoms with van der Waals surface area (Å²) in [6.45, 7) is 2.04. The Kier molecular flexibility index (Phi) is 6.11. The Morgan fingerprint density at radius 1 is 1.07 bits per heavy atom. The minimum Gasteiger partial charge on any atom is -0.477 e. The monoisotopic (exact) mass is 421 g/mol. The summed E-state index contributed by atoms with van der Waals surface area (Å²) in [4.78, 5) is 12.2. The summed E-state index contributed by atoms with van der Waals surface area (Å²) in [5.41, 5.74) is 0.853. The molecule has 0 aliphatic carbocycles. The SMILES string of the molecule is CC(Cc1cccs1)N(Cc1ccccc1)S(=O)(=O)c1ccsc1C(=O)O. The van der Waals surface area contributed by atoms with E-state index in [2.05, 4.69) is 0 Å². The van der Waals surface area contributed by atoms with E-state index < -0.39 is 16.0 Å². The number of carboxylic acid groups (broad SMARTS) is 1. The molecule has 0 spiro atoms. The molecular formula is C19H19NO4S3. The van der Waals surface area contributed by atoms with Gasteiger partial charge in [0, 0.05) is 17.5 Å². The van der Waals surface area contributed by atoms with Crippen molar-refractivity contribution in [2.24, 2.45) is 0 Å². The highest BCUT2D eigenvalue weighted by molar-refractivity contribution is 7.89. The van der Waals surface area contributed by atoms with Gasteiger partial charge in [0.15, 0.2) is 0 Å². The van der Waals surface area contributed by atoms with Crippen LogP contribution in [0.3, 0.4) is 0 Å². The van der Waals surface area contributed by atoms with Crippen LogP contribution in [-0.2, 0) is 23.0 Å². The summed E-state index contributed by atoms with van der Waals surface area (Å²) in [7, 11) is -3.97. The molecule has 3 aromatic rings. The lowest BCUT2D eigenvalue weighted by Crippen LogP contribution is -2.39. The highest BCUT2D eigenvalue weighted by Crippen LogP contribution is 2.29. The molecule has 8 heteroatoms. The topological polar surface area (TPSA) is 74.7 Å². The molecule has 27 heavy (non-hydrogen) atoms. The van der Waals surface area contributed by atoms with Gasteiger partial charge in [0.1, 0.15) is 9.77 Å². The van der Waals surface area contributed by atoms with E-state index in [0.29, 0.717) is 6.42 Å². The Bertz CT molecular complexity index is 995. The second-order valence-corrected chi connectivity index (χ2v) is 9.89. The highest BCUT2D eigenvalue weighted by atomic mass is 32.2. The van der Waals surface area contributed by atoms with Crippen LogP contribution in [0.1, 0.15) is 27.0 Å². The molecule has 1 unspecified atom stereocenters. The van der Waals surface area contributed by atoms with Crippen molar-refractivity contribution < 1.29 is 18.3 Å². The van der Waals surface area contributed by atoms with Crippen LogP contribution in [0.15, 0.2) is 64.2 Å². The molecule has 1 aromatic carbocycles. The average molecular weight is 422 g/mol. The first kappa shape index (κ1) is 19.8. The summed E-state index contributed by atoms with van der Waals surface area (Å²) in [6, 6.07) is 14.3. The third kappa shape index (κ3) is 4.47. The quantitative estimate of drug-likeness (QED) is 0.587. The molecule has 0 saturated heterocycles. The van der Waals surface area contributed by atoms with E-state index in [1.807, 2.05) is 54.8 Å². The van der Waals surface area contributed by atoms with Gasteiger partial charge in [0.2, 0.25) is 10.0 Å². The van der Waals surface area contributed by atoms with Crippen molar-refractivity contribution in [1.82, 2.24) is 4.31 Å². The zero-order chi connectivity index (χ0) is 19.4. The maximum atomic E-state index is 13.4. The Morgan fingerprint density at radius 3 is 2.44 bits per heavy atom. The van der Waals surface area contributed by atoms with Gasteiger partial charge in [-0.2, -0.15) is 4.31 Å². The second-order valence-electron chi connectivity index (χ2n) is 6.09. The van der Waals surface area contributed by atoms with Crippen LogP contribution in [0.5, 0.6) is 0 Å². The van der Waals surface area contributed by atoms with Crippen molar-refractivity contribution in [3.05, 3.63) is 74.6 Å². The van der Waals surface area contributed by atoms with Gasteiger partial charge in [-0.1, -0.05) is 36.4 Å². The minimum absolute atomic E-state index is 0.144. The molecule has 0 aliphatic rings. The van der Waals surface area contributed by atoms with Gasteiger partial charge in [-0.25, -0.2) is 13.2 Å². The van der Waals surface area contributed by atoms with E-state index in [4.69, 9.17) is 0 Å². The predicted octanol–water partition coefficient (Wildman–Crippen LogP) is 4.33. The first-order chi connectivity index (χ1) is 12.9. The maximum Gasteiger partial charge on any atom is 0.347 e. The zero-order valence-corrected chi connectivity index (χ0v) is 17.1. The van der Waals surface area contributed by atoms with Crippen molar-refractivity contribution in [3.63, 3.8) is 0 Å². The van der Waals surface area contributed by atoms with Gasteiger partial charge in [0.05, 0.1) is 0 Å². The van der Waals surface area contributed by atoms with Crippen LogP contribution >= 0.6 is 22.7 Å². The van der Waals surface area contributed by atoms with Gasteiger partial charge in [0.25, 0.3) is 0 Å². The number of thiophene rings is 2. The lowest BCUT2D eigenvalue weighted by molar-refractivity contribution is 0.0698. The van der Waals surface area contributed by atoms with Crippen LogP contribution < -0.4 is 0 Å². The normalized spacial score (nSPS) is 13.0. The Balaban J connectivity index is 1.99. The smallest absolute Gasteiger partial charge is 0.347 e. The third-order valence-corrected chi connectivity index (χ3v) is 8.09. The summed E-state index contributed by atoms with van der Waals surface area (Å²) in [6.07, 6.45) is 0.566. The van der Waals surface area contributed by atoms with Gasteiger partial charge in [-0.15, -0.1) is 22.7 Å². The Labute approximate surface area is 166 Å². The Morgan fingerprint density at radius 2 is 1.81 bits per heavy atom. The molecule has 0 saturated carbocycles. The molecule has 142 valence electrons. The second kappa shape index (κ2) is 8.35. The summed E-state index contributed by atoms with van der Waals surface area (Å²) < 4.78 is 28.1. The van der Waals surface area contributed by atoms with Gasteiger partial charge in [-0.3, -0.25) is 0 Å². The lowest BCUT2D eigenvalue weighted by atomic mass is 10.1. The van der Waals surface area contributed by atoms with E-state index in [9.17, 15) is 18.3 Å². The van der Waals surface area contributed by atoms with E-state index in [1.54, 1.807) is 11.3 Å². The van der Waals surface area contributed by atoms with Crippen LogP contribution in [0, 0.1) is 0 Å². The van der Waals surface area contributed by atoms with Crippen molar-refractivity contribution in [2.45, 2.75) is 30.8 Å². The molecule has 2 aromatic heterocycles. The minimum atomic E-state index is -3.97. The number of aromatic carboxylic acids is 1. The number of rotatable bonds is 8. The zero-order valence-electron chi connectivity index (χ0n) is 14.6. The standard InChI is InChI=1S/C19H19NO4S3/c1-14(12-16-8-5-10-25-16)20(13-15-6-3-2-4-7-15)27(23,24)17-9-11-26-18(17)19(21)22/h2-11,14H,12-13H2,1H3,(H,21,22). The first-order valence-corrected chi connectivity index (χ1v) is 11.5. The molecule has 3 rings (SSSR count). The van der Waals surface area contributed by atoms with Gasteiger partial charge < -0.3 is 5.11 Å². The number of hydrogen-bond acceptors (Lipinski definition) is 5. The average Bonchev–Trinajstić information content (AvgIpc) is 3.32. The number of nitrogens with zero attached hydrogens (tertiary/aromatic N) is 1. The van der Waals surface area contributed by atoms with Crippen LogP contribution in [0.25, 0.3) is 0 Å². The Hall–Kier alpha value is -2.00. The molecule has 2 heterocycles. The number of carbonyl (C=O) groups is 1. The molecule has 0 radical (unpaired) electrons. The summed E-state index contributed by atoms with van der Waals surface area (Å²) in [5, 5.41) is 12.8. The largest absolute Gasteiger partial charge is 0.477 e. The van der Waals surface area contributed by atoms with Crippen LogP contribution in [0.4, 0.5) is 0 Å². The van der Waals surface area contributed by atoms with E-state index in [0.717, 1.165) is 21.8 Å². The lowest BCUT2D eigenvalue weighted by Gasteiger charge is -2.28. The maximum absolute atomic E-state index is 13.4. The molecular weight excluding hydrogens is 402 g/mol. The first-order valence-electron chi connectivity index (χ1n) is 8.28. The van der Waals surface area contributed by atoms with Crippen molar-refractivity contribution in [1.29, 1.82) is 0 Å². The predicted molar refractivity (Wildman–Crippen MR) is 108 cm³/mol. The van der Waals surface area contributed by atoms with Gasteiger partial charge in [-0.05, 0) is 41.8 Å². The molecule has 0 aliphatic heterocycles. The fraction of sp³-hybridized carbons (Fsp3) is 0.211. The molecule has 5 nitrogen and oxygen atoms in total. The van der Waals surface area contributed by atoms with E-state index in [1.165, 1.54) is 15.8 Å². The van der Waals surface area contributed by atoms with Crippen molar-refractivity contribution >= 4 is 38.7 Å². The number of benzene rings is 1. The van der Waals surface area contributed by atoms with Gasteiger partial charge >= 0.3 is 5.97 Å². The molecule has 0 fully saturated rings. The fourth-order valence-electron chi connectivity index (χ4n) is 2.85. The third-order valence-electron chi connectivity index (χ3n) is 4.16. The summed E-state index contributed by atoms with van der Waals surface area (Å²) in [5.74, 6) is -1.23. The van der Waals surface area contributed by atoms with Crippen molar-refractivity contribution in [3.8, 4) is 0 Å². The number of hydrogen-bond donors (Lipinski definition) is 1. The number of sulfonamides is 1.